The summed E-state index contributed by atoms with van der Waals surface area (Å²) in [5.74, 6) is 0.793. The molecule has 2 aromatic carbocycles. The fourth-order valence-electron chi connectivity index (χ4n) is 3.68. The highest BCUT2D eigenvalue weighted by atomic mass is 19.1. The minimum Gasteiger partial charge on any atom is -0.494 e. The number of nitrogens with zero attached hydrogens (tertiary/aromatic N) is 1. The summed E-state index contributed by atoms with van der Waals surface area (Å²) < 4.78 is 24.7. The number of nitriles is 1. The first kappa shape index (κ1) is 20.9. The number of ether oxygens (including phenoxy) is 2. The van der Waals surface area contributed by atoms with Crippen LogP contribution in [0.15, 0.2) is 42.5 Å². The highest BCUT2D eigenvalue weighted by Crippen LogP contribution is 2.31. The van der Waals surface area contributed by atoms with Crippen molar-refractivity contribution < 1.29 is 18.7 Å². The van der Waals surface area contributed by atoms with Crippen LogP contribution in [0.25, 0.3) is 0 Å². The van der Waals surface area contributed by atoms with E-state index in [1.165, 1.54) is 44.2 Å². The van der Waals surface area contributed by atoms with Gasteiger partial charge in [-0.25, -0.2) is 9.18 Å². The Morgan fingerprint density at radius 2 is 1.86 bits per heavy atom. The molecule has 1 aliphatic rings. The molecule has 0 heterocycles. The van der Waals surface area contributed by atoms with E-state index in [9.17, 15) is 9.18 Å². The van der Waals surface area contributed by atoms with E-state index in [-0.39, 0.29) is 11.3 Å². The molecule has 1 fully saturated rings. The smallest absolute Gasteiger partial charge is 0.343 e. The highest BCUT2D eigenvalue weighted by molar-refractivity contribution is 5.91. The standard InChI is InChI=1S/C24H26FNO3/c1-17-4-6-18(7-5-17)3-2-14-28-21-11-9-20(10-12-21)24(27)29-23-13-8-19(16-26)15-22(23)25/h8-13,15,17-18H,2-7,14H2,1H3/t17-,18-. The Morgan fingerprint density at radius 1 is 1.14 bits per heavy atom. The van der Waals surface area contributed by atoms with Gasteiger partial charge in [-0.05, 0) is 67.1 Å². The molecule has 4 nitrogen and oxygen atoms in total. The van der Waals surface area contributed by atoms with Crippen LogP contribution in [-0.4, -0.2) is 12.6 Å². The normalized spacial score (nSPS) is 18.7. The largest absolute Gasteiger partial charge is 0.494 e. The lowest BCUT2D eigenvalue weighted by molar-refractivity contribution is 0.0728. The van der Waals surface area contributed by atoms with E-state index in [4.69, 9.17) is 14.7 Å². The van der Waals surface area contributed by atoms with E-state index < -0.39 is 11.8 Å². The van der Waals surface area contributed by atoms with E-state index in [0.717, 1.165) is 24.3 Å². The van der Waals surface area contributed by atoms with Crippen LogP contribution in [0.1, 0.15) is 61.4 Å². The monoisotopic (exact) mass is 395 g/mol. The Balaban J connectivity index is 1.44. The average Bonchev–Trinajstić information content (AvgIpc) is 2.74. The van der Waals surface area contributed by atoms with E-state index in [1.807, 2.05) is 6.07 Å². The van der Waals surface area contributed by atoms with Gasteiger partial charge in [-0.2, -0.15) is 5.26 Å². The van der Waals surface area contributed by atoms with Crippen LogP contribution < -0.4 is 9.47 Å². The van der Waals surface area contributed by atoms with E-state index >= 15 is 0 Å². The Labute approximate surface area is 171 Å². The number of benzene rings is 2. The lowest BCUT2D eigenvalue weighted by Gasteiger charge is -2.25. The Hall–Kier alpha value is -2.87. The molecule has 0 radical (unpaired) electrons. The van der Waals surface area contributed by atoms with Gasteiger partial charge in [0.25, 0.3) is 0 Å². The topological polar surface area (TPSA) is 59.3 Å². The van der Waals surface area contributed by atoms with Crippen molar-refractivity contribution in [3.63, 3.8) is 0 Å². The number of rotatable bonds is 7. The lowest BCUT2D eigenvalue weighted by Crippen LogP contribution is -2.13. The summed E-state index contributed by atoms with van der Waals surface area (Å²) in [5.41, 5.74) is 0.472. The molecule has 2 aromatic rings. The minimum atomic E-state index is -0.746. The van der Waals surface area contributed by atoms with Crippen molar-refractivity contribution in [2.24, 2.45) is 11.8 Å². The average molecular weight is 395 g/mol. The molecule has 0 aromatic heterocycles. The van der Waals surface area contributed by atoms with Crippen LogP contribution in [-0.2, 0) is 0 Å². The summed E-state index contributed by atoms with van der Waals surface area (Å²) in [6, 6.07) is 12.2. The first-order valence-corrected chi connectivity index (χ1v) is 10.2. The molecule has 0 amide bonds. The van der Waals surface area contributed by atoms with Gasteiger partial charge in [-0.1, -0.05) is 32.6 Å². The fraction of sp³-hybridized carbons (Fsp3) is 0.417. The van der Waals surface area contributed by atoms with Gasteiger partial charge >= 0.3 is 5.97 Å². The van der Waals surface area contributed by atoms with Gasteiger partial charge in [-0.3, -0.25) is 0 Å². The van der Waals surface area contributed by atoms with Crippen LogP contribution in [0, 0.1) is 29.0 Å². The summed E-state index contributed by atoms with van der Waals surface area (Å²) in [6.07, 6.45) is 7.58. The molecule has 0 N–H and O–H groups in total. The molecule has 0 unspecified atom stereocenters. The molecule has 0 atom stereocenters. The second kappa shape index (κ2) is 10.1. The van der Waals surface area contributed by atoms with E-state index in [0.29, 0.717) is 17.9 Å². The molecule has 0 saturated heterocycles. The van der Waals surface area contributed by atoms with Gasteiger partial charge in [0.15, 0.2) is 11.6 Å². The number of hydrogen-bond donors (Lipinski definition) is 0. The first-order valence-electron chi connectivity index (χ1n) is 10.2. The zero-order chi connectivity index (χ0) is 20.6. The van der Waals surface area contributed by atoms with Crippen LogP contribution in [0.4, 0.5) is 4.39 Å². The zero-order valence-electron chi connectivity index (χ0n) is 16.7. The molecule has 152 valence electrons. The van der Waals surface area contributed by atoms with Crippen LogP contribution in [0.5, 0.6) is 11.5 Å². The number of halogens is 1. The first-order chi connectivity index (χ1) is 14.0. The SMILES string of the molecule is C[C@H]1CC[C@H](CCCOc2ccc(C(=O)Oc3ccc(C#N)cc3F)cc2)CC1. The Morgan fingerprint density at radius 3 is 2.52 bits per heavy atom. The highest BCUT2D eigenvalue weighted by Gasteiger charge is 2.17. The van der Waals surface area contributed by atoms with Crippen molar-refractivity contribution in [3.05, 3.63) is 59.4 Å². The third-order valence-electron chi connectivity index (χ3n) is 5.51. The van der Waals surface area contributed by atoms with Crippen molar-refractivity contribution in [3.8, 4) is 17.6 Å². The van der Waals surface area contributed by atoms with Crippen LogP contribution in [0.2, 0.25) is 0 Å². The van der Waals surface area contributed by atoms with E-state index in [2.05, 4.69) is 6.92 Å². The molecular weight excluding hydrogens is 369 g/mol. The molecule has 5 heteroatoms. The number of hydrogen-bond acceptors (Lipinski definition) is 4. The molecule has 1 aliphatic carbocycles. The van der Waals surface area contributed by atoms with E-state index in [1.54, 1.807) is 24.3 Å². The predicted molar refractivity (Wildman–Crippen MR) is 108 cm³/mol. The van der Waals surface area contributed by atoms with Gasteiger partial charge in [0.1, 0.15) is 5.75 Å². The van der Waals surface area contributed by atoms with Crippen molar-refractivity contribution in [2.75, 3.05) is 6.61 Å². The second-order valence-corrected chi connectivity index (χ2v) is 7.79. The summed E-state index contributed by atoms with van der Waals surface area (Å²) >= 11 is 0. The lowest BCUT2D eigenvalue weighted by atomic mass is 9.81. The van der Waals surface area contributed by atoms with Gasteiger partial charge in [-0.15, -0.1) is 0 Å². The Bertz CT molecular complexity index is 865. The molecule has 0 aliphatic heterocycles. The summed E-state index contributed by atoms with van der Waals surface area (Å²) in [6.45, 7) is 2.99. The zero-order valence-corrected chi connectivity index (χ0v) is 16.7. The third-order valence-corrected chi connectivity index (χ3v) is 5.51. The summed E-state index contributed by atoms with van der Waals surface area (Å²) in [5, 5.41) is 8.76. The fourth-order valence-corrected chi connectivity index (χ4v) is 3.68. The second-order valence-electron chi connectivity index (χ2n) is 7.79. The van der Waals surface area contributed by atoms with Gasteiger partial charge in [0, 0.05) is 0 Å². The van der Waals surface area contributed by atoms with Gasteiger partial charge < -0.3 is 9.47 Å². The maximum atomic E-state index is 13.9. The maximum Gasteiger partial charge on any atom is 0.343 e. The third kappa shape index (κ3) is 6.05. The minimum absolute atomic E-state index is 0.168. The Kier molecular flexibility index (Phi) is 7.24. The summed E-state index contributed by atoms with van der Waals surface area (Å²) in [4.78, 5) is 12.2. The molecular formula is C24H26FNO3. The van der Waals surface area contributed by atoms with Gasteiger partial charge in [0.05, 0.1) is 23.8 Å². The van der Waals surface area contributed by atoms with Crippen LogP contribution in [0.3, 0.4) is 0 Å². The van der Waals surface area contributed by atoms with Crippen LogP contribution >= 0.6 is 0 Å². The van der Waals surface area contributed by atoms with Gasteiger partial charge in [0.2, 0.25) is 0 Å². The summed E-state index contributed by atoms with van der Waals surface area (Å²) in [7, 11) is 0. The molecule has 0 bridgehead atoms. The maximum absolute atomic E-state index is 13.9. The van der Waals surface area contributed by atoms with Crippen molar-refractivity contribution in [1.29, 1.82) is 5.26 Å². The quantitative estimate of drug-likeness (QED) is 0.333. The molecule has 1 saturated carbocycles. The van der Waals surface area contributed by atoms with Crippen molar-refractivity contribution in [1.82, 2.24) is 0 Å². The van der Waals surface area contributed by atoms with Crippen molar-refractivity contribution >= 4 is 5.97 Å². The number of esters is 1. The molecule has 29 heavy (non-hydrogen) atoms. The number of carbonyl (C=O) groups excluding carboxylic acids is 1. The van der Waals surface area contributed by atoms with Crippen molar-refractivity contribution in [2.45, 2.75) is 45.4 Å². The number of carbonyl (C=O) groups is 1. The predicted octanol–water partition coefficient (Wildman–Crippen LogP) is 5.90. The molecule has 0 spiro atoms. The molecule has 3 rings (SSSR count).